The third-order valence-corrected chi connectivity index (χ3v) is 7.43. The molecule has 1 fully saturated rings. The second-order valence-electron chi connectivity index (χ2n) is 8.82. The van der Waals surface area contributed by atoms with Gasteiger partial charge >= 0.3 is 0 Å². The topological polar surface area (TPSA) is 17.1 Å². The summed E-state index contributed by atoms with van der Waals surface area (Å²) in [6.45, 7) is 15.3. The van der Waals surface area contributed by atoms with E-state index < -0.39 is 0 Å². The minimum Gasteiger partial charge on any atom is -0.294 e. The molecule has 0 saturated heterocycles. The molecule has 24 heavy (non-hydrogen) atoms. The van der Waals surface area contributed by atoms with Crippen LogP contribution in [0, 0.1) is 22.2 Å². The average molecular weight is 325 g/mol. The van der Waals surface area contributed by atoms with Crippen molar-refractivity contribution >= 4 is 11.4 Å². The van der Waals surface area contributed by atoms with Crippen molar-refractivity contribution in [2.45, 2.75) is 67.7 Å². The highest BCUT2D eigenvalue weighted by atomic mass is 16.1. The zero-order valence-electron chi connectivity index (χ0n) is 16.4. The molecule has 130 valence electrons. The van der Waals surface area contributed by atoms with Gasteiger partial charge in [0.05, 0.1) is 0 Å². The van der Waals surface area contributed by atoms with E-state index in [1.54, 1.807) is 0 Å². The minimum atomic E-state index is -0.213. The molecule has 0 aromatic heterocycles. The van der Waals surface area contributed by atoms with E-state index in [1.165, 1.54) is 16.7 Å². The number of carbonyl (C=O) groups excluding carboxylic acids is 1. The Morgan fingerprint density at radius 1 is 1.08 bits per heavy atom. The maximum Gasteiger partial charge on any atom is 0.165 e. The fourth-order valence-electron chi connectivity index (χ4n) is 5.91. The first-order chi connectivity index (χ1) is 11.2. The number of ketones is 1. The molecule has 4 rings (SSSR count). The summed E-state index contributed by atoms with van der Waals surface area (Å²) in [5.74, 6) is 1.02. The Labute approximate surface area is 147 Å². The number of hydrogen-bond donors (Lipinski definition) is 0. The van der Waals surface area contributed by atoms with Crippen molar-refractivity contribution in [3.8, 4) is 0 Å². The molecular weight excluding hydrogens is 292 g/mol. The minimum absolute atomic E-state index is 0.0797. The van der Waals surface area contributed by atoms with Crippen LogP contribution in [0.2, 0.25) is 0 Å². The summed E-state index contributed by atoms with van der Waals surface area (Å²) in [5, 5.41) is 0. The molecule has 1 heteroatoms. The summed E-state index contributed by atoms with van der Waals surface area (Å²) in [4.78, 5) is 13.3. The van der Waals surface area contributed by atoms with Crippen molar-refractivity contribution in [1.82, 2.24) is 0 Å². The normalized spacial score (nSPS) is 35.8. The van der Waals surface area contributed by atoms with Crippen LogP contribution in [0.25, 0.3) is 5.57 Å². The second kappa shape index (κ2) is 5.31. The van der Waals surface area contributed by atoms with Gasteiger partial charge in [-0.3, -0.25) is 4.79 Å². The quantitative estimate of drug-likeness (QED) is 0.565. The van der Waals surface area contributed by atoms with Crippen LogP contribution >= 0.6 is 0 Å². The predicted molar refractivity (Wildman–Crippen MR) is 102 cm³/mol. The molecule has 1 saturated carbocycles. The molecule has 0 radical (unpaired) electrons. The third-order valence-electron chi connectivity index (χ3n) is 7.43. The van der Waals surface area contributed by atoms with E-state index in [9.17, 15) is 4.79 Å². The summed E-state index contributed by atoms with van der Waals surface area (Å²) in [6, 6.07) is 8.75. The van der Waals surface area contributed by atoms with Crippen LogP contribution in [0.1, 0.15) is 72.4 Å². The zero-order chi connectivity index (χ0) is 17.9. The summed E-state index contributed by atoms with van der Waals surface area (Å²) in [5.41, 5.74) is 5.27. The molecular formula is C23H32O. The van der Waals surface area contributed by atoms with Gasteiger partial charge in [0, 0.05) is 10.8 Å². The molecule has 1 nitrogen and oxygen atoms in total. The molecule has 0 heterocycles. The van der Waals surface area contributed by atoms with Gasteiger partial charge in [-0.2, -0.15) is 0 Å². The number of allylic oxidation sites excluding steroid dienone is 2. The summed E-state index contributed by atoms with van der Waals surface area (Å²) in [6.07, 6.45) is 3.28. The van der Waals surface area contributed by atoms with Gasteiger partial charge in [0.2, 0.25) is 0 Å². The zero-order valence-corrected chi connectivity index (χ0v) is 16.4. The molecule has 3 aliphatic rings. The lowest BCUT2D eigenvalue weighted by Crippen LogP contribution is -2.57. The Morgan fingerprint density at radius 3 is 2.38 bits per heavy atom. The lowest BCUT2D eigenvalue weighted by molar-refractivity contribution is -0.143. The Bertz CT molecular complexity index is 723. The van der Waals surface area contributed by atoms with Crippen molar-refractivity contribution in [1.29, 1.82) is 0 Å². The van der Waals surface area contributed by atoms with Crippen molar-refractivity contribution < 1.29 is 4.79 Å². The standard InChI is InChI=1S/C21H26O.C2H6/c1-13-10-19(3,4)20(5)12-21(13)11-15-8-6-7-9-16(15)17(21)14(2)18(20)22;1-2/h6-9,13H,10-12H2,1-5H3;1-2H3. The molecule has 0 amide bonds. The number of benzene rings is 1. The third kappa shape index (κ3) is 1.90. The number of Topliss-reactive ketones (excluding diaryl/α,β-unsaturated/α-hetero) is 1. The molecule has 3 atom stereocenters. The second-order valence-corrected chi connectivity index (χ2v) is 8.82. The Kier molecular flexibility index (Phi) is 3.86. The van der Waals surface area contributed by atoms with Gasteiger partial charge in [-0.15, -0.1) is 0 Å². The molecule has 3 aliphatic carbocycles. The van der Waals surface area contributed by atoms with Gasteiger partial charge in [0.25, 0.3) is 0 Å². The van der Waals surface area contributed by atoms with Crippen molar-refractivity contribution in [3.63, 3.8) is 0 Å². The van der Waals surface area contributed by atoms with Crippen molar-refractivity contribution in [2.75, 3.05) is 0 Å². The lowest BCUT2D eigenvalue weighted by Gasteiger charge is -2.60. The van der Waals surface area contributed by atoms with Crippen LogP contribution in [0.4, 0.5) is 0 Å². The smallest absolute Gasteiger partial charge is 0.165 e. The molecule has 0 N–H and O–H groups in total. The molecule has 3 unspecified atom stereocenters. The summed E-state index contributed by atoms with van der Waals surface area (Å²) >= 11 is 0. The number of hydrogen-bond acceptors (Lipinski definition) is 1. The highest BCUT2D eigenvalue weighted by molar-refractivity contribution is 6.09. The van der Waals surface area contributed by atoms with Crippen LogP contribution in [-0.4, -0.2) is 5.78 Å². The van der Waals surface area contributed by atoms with E-state index in [2.05, 4.69) is 58.9 Å². The largest absolute Gasteiger partial charge is 0.294 e. The van der Waals surface area contributed by atoms with E-state index in [1.807, 2.05) is 13.8 Å². The van der Waals surface area contributed by atoms with Crippen molar-refractivity contribution in [2.24, 2.45) is 22.2 Å². The Morgan fingerprint density at radius 2 is 1.71 bits per heavy atom. The van der Waals surface area contributed by atoms with Crippen LogP contribution in [-0.2, 0) is 11.2 Å². The fraction of sp³-hybridized carbons (Fsp3) is 0.609. The average Bonchev–Trinajstić information content (AvgIpc) is 2.88. The molecule has 1 aromatic carbocycles. The van der Waals surface area contributed by atoms with Gasteiger partial charge in [0.1, 0.15) is 0 Å². The summed E-state index contributed by atoms with van der Waals surface area (Å²) in [7, 11) is 0. The first kappa shape index (κ1) is 17.5. The molecule has 2 bridgehead atoms. The van der Waals surface area contributed by atoms with E-state index >= 15 is 0 Å². The maximum atomic E-state index is 13.3. The molecule has 0 aliphatic heterocycles. The van der Waals surface area contributed by atoms with Crippen LogP contribution < -0.4 is 0 Å². The molecule has 1 aromatic rings. The van der Waals surface area contributed by atoms with Gasteiger partial charge in [-0.25, -0.2) is 0 Å². The highest BCUT2D eigenvalue weighted by Crippen LogP contribution is 2.70. The first-order valence-electron chi connectivity index (χ1n) is 9.57. The maximum absolute atomic E-state index is 13.3. The number of carbonyl (C=O) groups is 1. The first-order valence-corrected chi connectivity index (χ1v) is 9.57. The van der Waals surface area contributed by atoms with Gasteiger partial charge < -0.3 is 0 Å². The van der Waals surface area contributed by atoms with E-state index in [4.69, 9.17) is 0 Å². The van der Waals surface area contributed by atoms with Gasteiger partial charge in [-0.1, -0.05) is 65.8 Å². The fourth-order valence-corrected chi connectivity index (χ4v) is 5.91. The van der Waals surface area contributed by atoms with Crippen molar-refractivity contribution in [3.05, 3.63) is 41.0 Å². The highest BCUT2D eigenvalue weighted by Gasteiger charge is 2.64. The van der Waals surface area contributed by atoms with Crippen LogP contribution in [0.5, 0.6) is 0 Å². The van der Waals surface area contributed by atoms with Crippen LogP contribution in [0.3, 0.4) is 0 Å². The predicted octanol–water partition coefficient (Wildman–Crippen LogP) is 6.07. The SMILES string of the molecule is CC.CC1=C2c3ccccc3CC23CC(C)(C1=O)C(C)(C)CC3C. The monoisotopic (exact) mass is 324 g/mol. The van der Waals surface area contributed by atoms with Gasteiger partial charge in [0.15, 0.2) is 5.78 Å². The molecule has 1 spiro atoms. The number of fused-ring (bicyclic) bond motifs is 3. The summed E-state index contributed by atoms with van der Waals surface area (Å²) < 4.78 is 0. The number of rotatable bonds is 0. The lowest BCUT2D eigenvalue weighted by atomic mass is 9.42. The van der Waals surface area contributed by atoms with E-state index in [0.29, 0.717) is 11.7 Å². The Hall–Kier alpha value is -1.37. The Balaban J connectivity index is 0.000000815. The van der Waals surface area contributed by atoms with E-state index in [0.717, 1.165) is 24.8 Å². The van der Waals surface area contributed by atoms with Crippen LogP contribution in [0.15, 0.2) is 29.8 Å². The van der Waals surface area contributed by atoms with E-state index in [-0.39, 0.29) is 16.2 Å². The van der Waals surface area contributed by atoms with Gasteiger partial charge in [-0.05, 0) is 59.8 Å².